The molecule has 0 saturated heterocycles. The Balaban J connectivity index is 2.07. The quantitative estimate of drug-likeness (QED) is 0.520. The number of carboxylic acid groups (broad SMARTS) is 1. The number of hydrogen-bond donors (Lipinski definition) is 2. The molecule has 0 atom stereocenters. The van der Waals surface area contributed by atoms with Crippen LogP contribution in [0.5, 0.6) is 0 Å². The van der Waals surface area contributed by atoms with Gasteiger partial charge in [0.25, 0.3) is 0 Å². The van der Waals surface area contributed by atoms with Gasteiger partial charge in [0.2, 0.25) is 10.0 Å². The van der Waals surface area contributed by atoms with Crippen molar-refractivity contribution in [1.29, 1.82) is 0 Å². The van der Waals surface area contributed by atoms with E-state index in [9.17, 15) is 18.3 Å². The van der Waals surface area contributed by atoms with Crippen LogP contribution in [0.3, 0.4) is 0 Å². The summed E-state index contributed by atoms with van der Waals surface area (Å²) in [7, 11) is -3.57. The fourth-order valence-electron chi connectivity index (χ4n) is 2.91. The van der Waals surface area contributed by atoms with Crippen LogP contribution >= 0.6 is 0 Å². The topological polar surface area (TPSA) is 83.5 Å². The first-order valence-corrected chi connectivity index (χ1v) is 11.0. The lowest BCUT2D eigenvalue weighted by Crippen LogP contribution is -2.18. The largest absolute Gasteiger partial charge is 0.478 e. The molecule has 0 fully saturated rings. The molecule has 0 aliphatic rings. The summed E-state index contributed by atoms with van der Waals surface area (Å²) in [4.78, 5) is 11.6. The Hall–Kier alpha value is -2.34. The zero-order chi connectivity index (χ0) is 19.7. The third-order valence-corrected chi connectivity index (χ3v) is 5.75. The number of sulfonamides is 1. The Morgan fingerprint density at radius 2 is 1.59 bits per heavy atom. The number of benzene rings is 2. The van der Waals surface area contributed by atoms with E-state index >= 15 is 0 Å². The Labute approximate surface area is 161 Å². The molecule has 0 heterocycles. The summed E-state index contributed by atoms with van der Waals surface area (Å²) in [6.07, 6.45) is 5.89. The third-order valence-electron chi connectivity index (χ3n) is 4.39. The van der Waals surface area contributed by atoms with Gasteiger partial charge >= 0.3 is 5.97 Å². The summed E-state index contributed by atoms with van der Waals surface area (Å²) >= 11 is 0. The summed E-state index contributed by atoms with van der Waals surface area (Å²) < 4.78 is 27.1. The molecule has 0 bridgehead atoms. The third kappa shape index (κ3) is 6.71. The van der Waals surface area contributed by atoms with Crippen LogP contribution in [0, 0.1) is 0 Å². The Morgan fingerprint density at radius 3 is 2.26 bits per heavy atom. The van der Waals surface area contributed by atoms with Gasteiger partial charge in [-0.05, 0) is 29.7 Å². The second kappa shape index (κ2) is 10.1. The fraction of sp³-hybridized carbons (Fsp3) is 0.381. The van der Waals surface area contributed by atoms with Gasteiger partial charge in [-0.2, -0.15) is 0 Å². The van der Waals surface area contributed by atoms with Crippen molar-refractivity contribution in [2.75, 3.05) is 10.5 Å². The van der Waals surface area contributed by atoms with Crippen molar-refractivity contribution >= 4 is 21.7 Å². The maximum Gasteiger partial charge on any atom is 0.337 e. The van der Waals surface area contributed by atoms with E-state index < -0.39 is 16.0 Å². The molecule has 146 valence electrons. The number of unbranched alkanes of at least 4 members (excludes halogenated alkanes) is 5. The molecule has 27 heavy (non-hydrogen) atoms. The molecular formula is C21H27NO4S. The molecule has 0 saturated carbocycles. The minimum Gasteiger partial charge on any atom is -0.478 e. The van der Waals surface area contributed by atoms with Gasteiger partial charge in [0.15, 0.2) is 0 Å². The van der Waals surface area contributed by atoms with Crippen molar-refractivity contribution in [3.8, 4) is 11.1 Å². The number of anilines is 1. The van der Waals surface area contributed by atoms with Crippen LogP contribution in [0.4, 0.5) is 5.69 Å². The average Bonchev–Trinajstić information content (AvgIpc) is 2.65. The normalized spacial score (nSPS) is 11.3. The SMILES string of the molecule is CCCCCCCCS(=O)(=O)Nc1ccc(-c2ccccc2)cc1C(=O)O. The lowest BCUT2D eigenvalue weighted by Gasteiger charge is -2.12. The standard InChI is InChI=1S/C21H27NO4S/c1-2-3-4-5-6-10-15-27(25,26)22-20-14-13-18(16-19(20)21(23)24)17-11-8-7-9-12-17/h7-9,11-14,16,22H,2-6,10,15H2,1H3,(H,23,24). The monoisotopic (exact) mass is 389 g/mol. The van der Waals surface area contributed by atoms with Gasteiger partial charge in [-0.25, -0.2) is 13.2 Å². The summed E-state index contributed by atoms with van der Waals surface area (Å²) in [5, 5.41) is 9.50. The molecule has 5 nitrogen and oxygen atoms in total. The molecule has 0 amide bonds. The molecular weight excluding hydrogens is 362 g/mol. The van der Waals surface area contributed by atoms with E-state index in [1.165, 1.54) is 18.6 Å². The van der Waals surface area contributed by atoms with E-state index in [1.807, 2.05) is 30.3 Å². The van der Waals surface area contributed by atoms with Crippen molar-refractivity contribution in [3.63, 3.8) is 0 Å². The first-order chi connectivity index (χ1) is 12.9. The van der Waals surface area contributed by atoms with Gasteiger partial charge in [-0.1, -0.05) is 75.4 Å². The molecule has 0 aromatic heterocycles. The molecule has 0 radical (unpaired) electrons. The van der Waals surface area contributed by atoms with Gasteiger partial charge in [-0.3, -0.25) is 4.72 Å². The fourth-order valence-corrected chi connectivity index (χ4v) is 4.11. The highest BCUT2D eigenvalue weighted by molar-refractivity contribution is 7.92. The van der Waals surface area contributed by atoms with Crippen LogP contribution in [0.15, 0.2) is 48.5 Å². The Bertz CT molecular complexity index is 848. The van der Waals surface area contributed by atoms with Gasteiger partial charge in [-0.15, -0.1) is 0 Å². The Morgan fingerprint density at radius 1 is 0.926 bits per heavy atom. The molecule has 0 aliphatic carbocycles. The van der Waals surface area contributed by atoms with Crippen LogP contribution in [0.2, 0.25) is 0 Å². The van der Waals surface area contributed by atoms with Crippen molar-refractivity contribution in [2.24, 2.45) is 0 Å². The predicted molar refractivity (Wildman–Crippen MR) is 110 cm³/mol. The molecule has 0 unspecified atom stereocenters. The van der Waals surface area contributed by atoms with Gasteiger partial charge in [0.05, 0.1) is 17.0 Å². The van der Waals surface area contributed by atoms with Crippen molar-refractivity contribution in [2.45, 2.75) is 45.4 Å². The minimum atomic E-state index is -3.57. The van der Waals surface area contributed by atoms with Crippen LogP contribution in [-0.2, 0) is 10.0 Å². The highest BCUT2D eigenvalue weighted by Crippen LogP contribution is 2.26. The van der Waals surface area contributed by atoms with Crippen LogP contribution in [0.1, 0.15) is 55.8 Å². The van der Waals surface area contributed by atoms with Crippen LogP contribution in [0.25, 0.3) is 11.1 Å². The van der Waals surface area contributed by atoms with E-state index in [0.29, 0.717) is 6.42 Å². The van der Waals surface area contributed by atoms with E-state index in [0.717, 1.165) is 36.8 Å². The van der Waals surface area contributed by atoms with Gasteiger partial charge < -0.3 is 5.11 Å². The first kappa shape index (κ1) is 21.0. The number of carbonyl (C=O) groups is 1. The minimum absolute atomic E-state index is 0.00137. The van der Waals surface area contributed by atoms with Crippen molar-refractivity contribution in [3.05, 3.63) is 54.1 Å². The van der Waals surface area contributed by atoms with Gasteiger partial charge in [0, 0.05) is 0 Å². The maximum absolute atomic E-state index is 12.3. The Kier molecular flexibility index (Phi) is 7.85. The first-order valence-electron chi connectivity index (χ1n) is 9.36. The summed E-state index contributed by atoms with van der Waals surface area (Å²) in [5.74, 6) is -1.16. The number of hydrogen-bond acceptors (Lipinski definition) is 3. The highest BCUT2D eigenvalue weighted by Gasteiger charge is 2.17. The molecule has 6 heteroatoms. The molecule has 2 rings (SSSR count). The van der Waals surface area contributed by atoms with E-state index in [1.54, 1.807) is 6.07 Å². The molecule has 0 spiro atoms. The lowest BCUT2D eigenvalue weighted by molar-refractivity contribution is 0.0698. The second-order valence-corrected chi connectivity index (χ2v) is 8.46. The number of carboxylic acids is 1. The van der Waals surface area contributed by atoms with Gasteiger partial charge in [0.1, 0.15) is 0 Å². The summed E-state index contributed by atoms with van der Waals surface area (Å²) in [6, 6.07) is 14.1. The van der Waals surface area contributed by atoms with Crippen molar-refractivity contribution in [1.82, 2.24) is 0 Å². The van der Waals surface area contributed by atoms with Crippen LogP contribution < -0.4 is 4.72 Å². The predicted octanol–water partition coefficient (Wildman–Crippen LogP) is 5.15. The summed E-state index contributed by atoms with van der Waals surface area (Å²) in [5.41, 5.74) is 1.66. The van der Waals surface area contributed by atoms with E-state index in [2.05, 4.69) is 11.6 Å². The highest BCUT2D eigenvalue weighted by atomic mass is 32.2. The molecule has 2 N–H and O–H groups in total. The number of rotatable bonds is 11. The molecule has 2 aromatic rings. The zero-order valence-corrected chi connectivity index (χ0v) is 16.5. The molecule has 0 aliphatic heterocycles. The van der Waals surface area contributed by atoms with E-state index in [-0.39, 0.29) is 17.0 Å². The average molecular weight is 390 g/mol. The van der Waals surface area contributed by atoms with Crippen molar-refractivity contribution < 1.29 is 18.3 Å². The zero-order valence-electron chi connectivity index (χ0n) is 15.6. The van der Waals surface area contributed by atoms with E-state index in [4.69, 9.17) is 0 Å². The van der Waals surface area contributed by atoms with Crippen LogP contribution in [-0.4, -0.2) is 25.2 Å². The number of aromatic carboxylic acids is 1. The second-order valence-electron chi connectivity index (χ2n) is 6.62. The maximum atomic E-state index is 12.3. The number of nitrogens with one attached hydrogen (secondary N) is 1. The lowest BCUT2D eigenvalue weighted by atomic mass is 10.0. The molecule has 2 aromatic carbocycles. The summed E-state index contributed by atoms with van der Waals surface area (Å²) in [6.45, 7) is 2.14. The smallest absolute Gasteiger partial charge is 0.337 e.